The molecule has 0 atom stereocenters. The molecule has 26 heavy (non-hydrogen) atoms. The topological polar surface area (TPSA) is 75.5 Å². The van der Waals surface area contributed by atoms with Crippen LogP contribution in [0, 0.1) is 15.9 Å². The maximum Gasteiger partial charge on any atom is 0.294 e. The van der Waals surface area contributed by atoms with E-state index in [1.807, 2.05) is 4.90 Å². The summed E-state index contributed by atoms with van der Waals surface area (Å²) in [4.78, 5) is 24.9. The van der Waals surface area contributed by atoms with E-state index in [1.54, 1.807) is 12.1 Å². The van der Waals surface area contributed by atoms with Gasteiger partial charge in [0.1, 0.15) is 11.5 Å². The number of nitro groups is 1. The number of hydrogen-bond acceptors (Lipinski definition) is 4. The zero-order chi connectivity index (χ0) is 18.7. The van der Waals surface area contributed by atoms with E-state index in [4.69, 9.17) is 11.6 Å². The molecule has 1 N–H and O–H groups in total. The van der Waals surface area contributed by atoms with E-state index in [-0.39, 0.29) is 34.7 Å². The Morgan fingerprint density at radius 3 is 2.58 bits per heavy atom. The molecule has 1 amide bonds. The summed E-state index contributed by atoms with van der Waals surface area (Å²) in [5.41, 5.74) is 0.771. The highest BCUT2D eigenvalue weighted by Crippen LogP contribution is 2.30. The molecule has 0 spiro atoms. The molecule has 0 radical (unpaired) electrons. The molecule has 1 fully saturated rings. The zero-order valence-electron chi connectivity index (χ0n) is 13.8. The van der Waals surface area contributed by atoms with E-state index in [0.29, 0.717) is 12.6 Å². The van der Waals surface area contributed by atoms with Crippen molar-refractivity contribution in [1.29, 1.82) is 0 Å². The third-order valence-electron chi connectivity index (χ3n) is 4.14. The van der Waals surface area contributed by atoms with E-state index in [9.17, 15) is 19.3 Å². The van der Waals surface area contributed by atoms with Crippen LogP contribution in [0.2, 0.25) is 5.02 Å². The predicted octanol–water partition coefficient (Wildman–Crippen LogP) is 3.99. The van der Waals surface area contributed by atoms with Gasteiger partial charge in [-0.1, -0.05) is 23.7 Å². The monoisotopic (exact) mass is 377 g/mol. The first-order valence-electron chi connectivity index (χ1n) is 8.14. The van der Waals surface area contributed by atoms with Crippen LogP contribution in [0.5, 0.6) is 0 Å². The van der Waals surface area contributed by atoms with Gasteiger partial charge in [-0.2, -0.15) is 0 Å². The fourth-order valence-corrected chi connectivity index (χ4v) is 2.88. The first kappa shape index (κ1) is 18.3. The Kier molecular flexibility index (Phi) is 5.49. The van der Waals surface area contributed by atoms with Crippen LogP contribution in [0.1, 0.15) is 18.4 Å². The highest BCUT2D eigenvalue weighted by molar-refractivity contribution is 6.31. The van der Waals surface area contributed by atoms with E-state index in [2.05, 4.69) is 5.32 Å². The molecule has 0 bridgehead atoms. The molecule has 0 saturated heterocycles. The number of rotatable bonds is 7. The van der Waals surface area contributed by atoms with Crippen LogP contribution < -0.4 is 5.32 Å². The van der Waals surface area contributed by atoms with Crippen molar-refractivity contribution in [1.82, 2.24) is 4.90 Å². The Balaban J connectivity index is 1.67. The van der Waals surface area contributed by atoms with Crippen LogP contribution in [0.3, 0.4) is 0 Å². The number of carbonyl (C=O) groups is 1. The molecule has 6 nitrogen and oxygen atoms in total. The van der Waals surface area contributed by atoms with Crippen LogP contribution in [0.15, 0.2) is 42.5 Å². The largest absolute Gasteiger partial charge is 0.319 e. The van der Waals surface area contributed by atoms with Crippen molar-refractivity contribution in [2.75, 3.05) is 11.9 Å². The van der Waals surface area contributed by atoms with Gasteiger partial charge < -0.3 is 5.32 Å². The lowest BCUT2D eigenvalue weighted by atomic mass is 10.2. The minimum absolute atomic E-state index is 0.0990. The van der Waals surface area contributed by atoms with Crippen molar-refractivity contribution >= 4 is 28.9 Å². The number of nitrogens with zero attached hydrogens (tertiary/aromatic N) is 2. The molecule has 1 saturated carbocycles. The van der Waals surface area contributed by atoms with E-state index < -0.39 is 4.92 Å². The standard InChI is InChI=1S/C18H17ClFN3O3/c19-13-3-8-16(17(9-13)23(25)26)21-18(24)11-22(15-6-7-15)10-12-1-4-14(20)5-2-12/h1-5,8-9,15H,6-7,10-11H2,(H,21,24). The van der Waals surface area contributed by atoms with E-state index in [0.717, 1.165) is 18.4 Å². The maximum atomic E-state index is 13.0. The fourth-order valence-electron chi connectivity index (χ4n) is 2.71. The number of anilines is 1. The summed E-state index contributed by atoms with van der Waals surface area (Å²) in [6.07, 6.45) is 1.99. The molecule has 0 unspecified atom stereocenters. The van der Waals surface area contributed by atoms with Gasteiger partial charge in [0.25, 0.3) is 5.69 Å². The zero-order valence-corrected chi connectivity index (χ0v) is 14.6. The number of nitrogens with one attached hydrogen (secondary N) is 1. The summed E-state index contributed by atoms with van der Waals surface area (Å²) in [5, 5.41) is 13.9. The Morgan fingerprint density at radius 2 is 1.96 bits per heavy atom. The van der Waals surface area contributed by atoms with Crippen molar-refractivity contribution in [3.8, 4) is 0 Å². The summed E-state index contributed by atoms with van der Waals surface area (Å²) in [5.74, 6) is -0.649. The number of hydrogen-bond donors (Lipinski definition) is 1. The summed E-state index contributed by atoms with van der Waals surface area (Å²) < 4.78 is 13.0. The van der Waals surface area contributed by atoms with Crippen LogP contribution in [-0.2, 0) is 11.3 Å². The lowest BCUT2D eigenvalue weighted by Gasteiger charge is -2.21. The number of carbonyl (C=O) groups excluding carboxylic acids is 1. The van der Waals surface area contributed by atoms with Crippen LogP contribution >= 0.6 is 11.6 Å². The highest BCUT2D eigenvalue weighted by atomic mass is 35.5. The molecule has 3 rings (SSSR count). The summed E-state index contributed by atoms with van der Waals surface area (Å²) in [6.45, 7) is 0.614. The van der Waals surface area contributed by atoms with Crippen LogP contribution in [0.25, 0.3) is 0 Å². The van der Waals surface area contributed by atoms with E-state index >= 15 is 0 Å². The second-order valence-electron chi connectivity index (χ2n) is 6.23. The van der Waals surface area contributed by atoms with Crippen molar-refractivity contribution < 1.29 is 14.1 Å². The minimum Gasteiger partial charge on any atom is -0.319 e. The molecule has 0 heterocycles. The van der Waals surface area contributed by atoms with Crippen LogP contribution in [0.4, 0.5) is 15.8 Å². The number of nitro benzene ring substituents is 1. The maximum absolute atomic E-state index is 13.0. The van der Waals surface area contributed by atoms with Gasteiger partial charge in [0.05, 0.1) is 11.5 Å². The second-order valence-corrected chi connectivity index (χ2v) is 6.67. The first-order chi connectivity index (χ1) is 12.4. The molecular weight excluding hydrogens is 361 g/mol. The molecule has 0 aliphatic heterocycles. The molecule has 1 aliphatic rings. The third kappa shape index (κ3) is 4.77. The summed E-state index contributed by atoms with van der Waals surface area (Å²) in [7, 11) is 0. The summed E-state index contributed by atoms with van der Waals surface area (Å²) >= 11 is 5.78. The van der Waals surface area contributed by atoms with Gasteiger partial charge in [0, 0.05) is 23.7 Å². The fraction of sp³-hybridized carbons (Fsp3) is 0.278. The minimum atomic E-state index is -0.585. The SMILES string of the molecule is O=C(CN(Cc1ccc(F)cc1)C1CC1)Nc1ccc(Cl)cc1[N+](=O)[O-]. The number of benzene rings is 2. The van der Waals surface area contributed by atoms with Gasteiger partial charge in [-0.25, -0.2) is 4.39 Å². The van der Waals surface area contributed by atoms with Gasteiger partial charge in [0.2, 0.25) is 5.91 Å². The lowest BCUT2D eigenvalue weighted by molar-refractivity contribution is -0.383. The molecular formula is C18H17ClFN3O3. The molecule has 2 aromatic rings. The average Bonchev–Trinajstić information content (AvgIpc) is 3.42. The van der Waals surface area contributed by atoms with Gasteiger partial charge in [-0.15, -0.1) is 0 Å². The molecule has 2 aromatic carbocycles. The number of halogens is 2. The van der Waals surface area contributed by atoms with Gasteiger partial charge >= 0.3 is 0 Å². The second kappa shape index (κ2) is 7.80. The Morgan fingerprint density at radius 1 is 1.27 bits per heavy atom. The Labute approximate surface area is 154 Å². The third-order valence-corrected chi connectivity index (χ3v) is 4.37. The molecule has 0 aromatic heterocycles. The first-order valence-corrected chi connectivity index (χ1v) is 8.52. The van der Waals surface area contributed by atoms with Crippen LogP contribution in [-0.4, -0.2) is 28.3 Å². The summed E-state index contributed by atoms with van der Waals surface area (Å²) in [6, 6.07) is 10.6. The molecule has 1 aliphatic carbocycles. The smallest absolute Gasteiger partial charge is 0.294 e. The van der Waals surface area contributed by atoms with Crippen molar-refractivity contribution in [3.05, 3.63) is 69.0 Å². The number of amides is 1. The van der Waals surface area contributed by atoms with Crippen molar-refractivity contribution in [2.24, 2.45) is 0 Å². The Bertz CT molecular complexity index is 825. The van der Waals surface area contributed by atoms with Gasteiger partial charge in [0.15, 0.2) is 0 Å². The van der Waals surface area contributed by atoms with Gasteiger partial charge in [-0.3, -0.25) is 19.8 Å². The highest BCUT2D eigenvalue weighted by Gasteiger charge is 2.30. The average molecular weight is 378 g/mol. The predicted molar refractivity (Wildman–Crippen MR) is 96.6 cm³/mol. The van der Waals surface area contributed by atoms with Gasteiger partial charge in [-0.05, 0) is 42.7 Å². The lowest BCUT2D eigenvalue weighted by Crippen LogP contribution is -2.34. The van der Waals surface area contributed by atoms with Crippen molar-refractivity contribution in [3.63, 3.8) is 0 Å². The Hall–Kier alpha value is -2.51. The molecule has 136 valence electrons. The van der Waals surface area contributed by atoms with E-state index in [1.165, 1.54) is 30.3 Å². The normalized spacial score (nSPS) is 13.7. The quantitative estimate of drug-likeness (QED) is 0.584. The van der Waals surface area contributed by atoms with Crippen molar-refractivity contribution in [2.45, 2.75) is 25.4 Å². The molecule has 8 heteroatoms.